The van der Waals surface area contributed by atoms with Gasteiger partial charge in [0.25, 0.3) is 11.8 Å². The Morgan fingerprint density at radius 3 is 2.53 bits per heavy atom. The van der Waals surface area contributed by atoms with Gasteiger partial charge in [-0.3, -0.25) is 14.4 Å². The fraction of sp³-hybridized carbons (Fsp3) is 0.318. The van der Waals surface area contributed by atoms with Crippen LogP contribution in [0.5, 0.6) is 5.75 Å². The topological polar surface area (TPSA) is 91.6 Å². The van der Waals surface area contributed by atoms with Gasteiger partial charge in [0, 0.05) is 37.3 Å². The van der Waals surface area contributed by atoms with E-state index in [-0.39, 0.29) is 24.2 Å². The number of nitrogens with one attached hydrogen (secondary N) is 1. The second-order valence-corrected chi connectivity index (χ2v) is 8.06. The van der Waals surface area contributed by atoms with Gasteiger partial charge in [0.05, 0.1) is 6.04 Å². The lowest BCUT2D eigenvalue weighted by molar-refractivity contribution is 0.0612. The van der Waals surface area contributed by atoms with Gasteiger partial charge in [0.2, 0.25) is 5.43 Å². The van der Waals surface area contributed by atoms with Crippen molar-refractivity contribution in [3.8, 4) is 5.75 Å². The largest absolute Gasteiger partial charge is 0.503 e. The molecule has 32 heavy (non-hydrogen) atoms. The lowest BCUT2D eigenvalue weighted by atomic mass is 10.1. The number of rotatable bonds is 3. The summed E-state index contributed by atoms with van der Waals surface area (Å²) < 4.78 is 43.5. The number of benzene rings is 1. The molecule has 2 aliphatic heterocycles. The van der Waals surface area contributed by atoms with Crippen LogP contribution in [0, 0.1) is 18.6 Å². The highest BCUT2D eigenvalue weighted by atomic mass is 19.1. The van der Waals surface area contributed by atoms with Crippen LogP contribution >= 0.6 is 0 Å². The number of hydrogen-bond donors (Lipinski definition) is 2. The second kappa shape index (κ2) is 7.85. The van der Waals surface area contributed by atoms with Crippen molar-refractivity contribution in [2.75, 3.05) is 6.54 Å². The fourth-order valence-corrected chi connectivity index (χ4v) is 4.11. The van der Waals surface area contributed by atoms with Crippen molar-refractivity contribution in [1.29, 1.82) is 0 Å². The number of fused-ring (bicyclic) bond motifs is 4. The van der Waals surface area contributed by atoms with E-state index in [0.717, 1.165) is 18.3 Å². The van der Waals surface area contributed by atoms with Gasteiger partial charge >= 0.3 is 0 Å². The van der Waals surface area contributed by atoms with Gasteiger partial charge in [0.1, 0.15) is 23.0 Å². The van der Waals surface area contributed by atoms with Crippen LogP contribution in [0.1, 0.15) is 51.4 Å². The maximum absolute atomic E-state index is 14.2. The lowest BCUT2D eigenvalue weighted by Crippen LogP contribution is -2.47. The van der Waals surface area contributed by atoms with Crippen LogP contribution in [-0.2, 0) is 6.54 Å². The van der Waals surface area contributed by atoms with E-state index >= 15 is 0 Å². The average Bonchev–Trinajstić information content (AvgIpc) is 2.83. The van der Waals surface area contributed by atoms with Crippen molar-refractivity contribution in [1.82, 2.24) is 14.8 Å². The highest BCUT2D eigenvalue weighted by Crippen LogP contribution is 2.33. The van der Waals surface area contributed by atoms with Crippen LogP contribution in [0.3, 0.4) is 0 Å². The number of aryl methyl sites for hydroxylation is 1. The fourth-order valence-electron chi connectivity index (χ4n) is 4.11. The Balaban J connectivity index is 1.71. The summed E-state index contributed by atoms with van der Waals surface area (Å²) in [5, 5.41) is 12.7. The van der Waals surface area contributed by atoms with E-state index in [1.807, 2.05) is 0 Å². The smallest absolute Gasteiger partial charge is 0.274 e. The molecule has 0 saturated heterocycles. The highest BCUT2D eigenvalue weighted by molar-refractivity contribution is 5.99. The number of carbonyl (C=O) groups is 2. The molecule has 2 N–H and O–H groups in total. The highest BCUT2D eigenvalue weighted by Gasteiger charge is 2.38. The zero-order chi connectivity index (χ0) is 23.3. The molecule has 2 atom stereocenters. The van der Waals surface area contributed by atoms with Crippen molar-refractivity contribution in [2.45, 2.75) is 38.9 Å². The molecule has 1 aromatic carbocycles. The quantitative estimate of drug-likeness (QED) is 0.757. The summed E-state index contributed by atoms with van der Waals surface area (Å²) in [6, 6.07) is 0.997. The first kappa shape index (κ1) is 21.7. The molecule has 3 heterocycles. The average molecular weight is 447 g/mol. The van der Waals surface area contributed by atoms with Gasteiger partial charge in [-0.2, -0.15) is 0 Å². The van der Waals surface area contributed by atoms with Gasteiger partial charge in [-0.15, -0.1) is 0 Å². The van der Waals surface area contributed by atoms with Gasteiger partial charge in [0.15, 0.2) is 11.4 Å². The number of aromatic hydroxyl groups is 1. The maximum Gasteiger partial charge on any atom is 0.274 e. The normalized spacial score (nSPS) is 19.8. The lowest BCUT2D eigenvalue weighted by Gasteiger charge is -2.36. The Kier molecular flexibility index (Phi) is 5.31. The summed E-state index contributed by atoms with van der Waals surface area (Å²) in [6.45, 7) is 2.73. The van der Waals surface area contributed by atoms with Crippen LogP contribution in [0.4, 0.5) is 13.2 Å². The third-order valence-corrected chi connectivity index (χ3v) is 5.77. The zero-order valence-corrected chi connectivity index (χ0v) is 17.3. The van der Waals surface area contributed by atoms with Gasteiger partial charge in [-0.25, -0.2) is 13.2 Å². The number of pyridine rings is 1. The molecule has 2 aliphatic rings. The molecule has 0 aliphatic carbocycles. The molecule has 2 amide bonds. The van der Waals surface area contributed by atoms with E-state index in [1.165, 1.54) is 22.5 Å². The molecule has 0 fully saturated rings. The molecule has 10 heteroatoms. The summed E-state index contributed by atoms with van der Waals surface area (Å²) in [6.07, 6.45) is 2.33. The summed E-state index contributed by atoms with van der Waals surface area (Å²) in [5.74, 6) is -4.75. The predicted octanol–water partition coefficient (Wildman–Crippen LogP) is 2.71. The number of halogens is 3. The molecule has 7 nitrogen and oxygen atoms in total. The Bertz CT molecular complexity index is 1210. The summed E-state index contributed by atoms with van der Waals surface area (Å²) in [4.78, 5) is 39.5. The van der Waals surface area contributed by atoms with E-state index in [1.54, 1.807) is 6.92 Å². The van der Waals surface area contributed by atoms with Crippen LogP contribution < -0.4 is 10.7 Å². The van der Waals surface area contributed by atoms with Crippen LogP contribution in [-0.4, -0.2) is 39.0 Å². The summed E-state index contributed by atoms with van der Waals surface area (Å²) in [7, 11) is 0. The maximum atomic E-state index is 14.2. The Labute approximate surface area is 180 Å². The number of nitrogens with zero attached hydrogens (tertiary/aromatic N) is 2. The molecule has 168 valence electrons. The van der Waals surface area contributed by atoms with Gasteiger partial charge in [-0.1, -0.05) is 0 Å². The standard InChI is InChI=1S/C22H20F3N3O4/c1-10-3-16(24)14(17(25)4-10)7-26-21(31)15-9-28-13-6-12(23)5-11(2)27(8-13)22(32)18(28)20(30)19(15)29/h3-4,6,9,11,13,30H,5,7-8H2,1-2H3,(H,26,31). The summed E-state index contributed by atoms with van der Waals surface area (Å²) >= 11 is 0. The Morgan fingerprint density at radius 1 is 1.22 bits per heavy atom. The van der Waals surface area contributed by atoms with E-state index in [4.69, 9.17) is 0 Å². The minimum Gasteiger partial charge on any atom is -0.503 e. The van der Waals surface area contributed by atoms with E-state index in [0.29, 0.717) is 5.56 Å². The minimum absolute atomic E-state index is 0.0111. The predicted molar refractivity (Wildman–Crippen MR) is 108 cm³/mol. The minimum atomic E-state index is -1.11. The van der Waals surface area contributed by atoms with E-state index in [9.17, 15) is 32.7 Å². The van der Waals surface area contributed by atoms with Crippen molar-refractivity contribution >= 4 is 11.8 Å². The second-order valence-electron chi connectivity index (χ2n) is 8.06. The molecule has 4 rings (SSSR count). The van der Waals surface area contributed by atoms with Crippen molar-refractivity contribution in [2.24, 2.45) is 0 Å². The number of hydrogen-bond acceptors (Lipinski definition) is 4. The van der Waals surface area contributed by atoms with E-state index in [2.05, 4.69) is 5.32 Å². The molecular weight excluding hydrogens is 427 g/mol. The molecule has 2 aromatic rings. The first-order valence-corrected chi connectivity index (χ1v) is 9.96. The van der Waals surface area contributed by atoms with Gasteiger partial charge < -0.3 is 19.9 Å². The van der Waals surface area contributed by atoms with Gasteiger partial charge in [-0.05, 0) is 37.6 Å². The van der Waals surface area contributed by atoms with Crippen molar-refractivity contribution in [3.05, 3.63) is 74.5 Å². The molecule has 1 aromatic heterocycles. The molecule has 2 unspecified atom stereocenters. The number of aromatic nitrogens is 1. The van der Waals surface area contributed by atoms with Crippen LogP contribution in [0.25, 0.3) is 0 Å². The molecule has 2 bridgehead atoms. The first-order valence-electron chi connectivity index (χ1n) is 9.96. The van der Waals surface area contributed by atoms with Crippen molar-refractivity contribution in [3.63, 3.8) is 0 Å². The first-order chi connectivity index (χ1) is 15.1. The molecule has 0 spiro atoms. The Hall–Kier alpha value is -3.56. The van der Waals surface area contributed by atoms with E-state index < -0.39 is 64.6 Å². The third-order valence-electron chi connectivity index (χ3n) is 5.77. The Morgan fingerprint density at radius 2 is 1.88 bits per heavy atom. The van der Waals surface area contributed by atoms with Crippen molar-refractivity contribution < 1.29 is 27.9 Å². The molecule has 0 saturated carbocycles. The number of carbonyl (C=O) groups excluding carboxylic acids is 2. The molecular formula is C22H20F3N3O4. The molecule has 0 radical (unpaired) electrons. The SMILES string of the molecule is Cc1cc(F)c(CNC(=O)c2cn3c(c(O)c2=O)C(=O)N2CC3C=C(F)CC2C)c(F)c1. The third kappa shape index (κ3) is 3.55. The van der Waals surface area contributed by atoms with Crippen LogP contribution in [0.2, 0.25) is 0 Å². The van der Waals surface area contributed by atoms with Crippen LogP contribution in [0.15, 0.2) is 35.0 Å². The monoisotopic (exact) mass is 447 g/mol. The summed E-state index contributed by atoms with van der Waals surface area (Å²) in [5.41, 5.74) is -2.00. The zero-order valence-electron chi connectivity index (χ0n) is 17.3. The number of amides is 2.